The minimum atomic E-state index is -4.84. The lowest BCUT2D eigenvalue weighted by molar-refractivity contribution is -0.274. The molecule has 0 aliphatic carbocycles. The standard InChI is InChI=1S/C21H20F3N3O4/c1-3-13-5-4-6-15(11-13)25-17(28)12-27-18(29)20(2,26-19(27)30)14-7-9-16(10-8-14)31-21(22,23)24/h4-11H,3,12H2,1-2H3,(H,25,28)(H,26,30). The number of carbonyl (C=O) groups is 3. The van der Waals surface area contributed by atoms with Crippen molar-refractivity contribution in [3.8, 4) is 5.75 Å². The Morgan fingerprint density at radius 1 is 1.16 bits per heavy atom. The van der Waals surface area contributed by atoms with Gasteiger partial charge in [0.15, 0.2) is 0 Å². The van der Waals surface area contributed by atoms with E-state index in [1.165, 1.54) is 19.1 Å². The zero-order chi connectivity index (χ0) is 22.8. The number of anilines is 1. The largest absolute Gasteiger partial charge is 0.573 e. The molecular weight excluding hydrogens is 415 g/mol. The van der Waals surface area contributed by atoms with Crippen molar-refractivity contribution >= 4 is 23.5 Å². The maximum absolute atomic E-state index is 12.9. The fourth-order valence-electron chi connectivity index (χ4n) is 3.24. The summed E-state index contributed by atoms with van der Waals surface area (Å²) < 4.78 is 40.8. The number of rotatable bonds is 6. The zero-order valence-electron chi connectivity index (χ0n) is 16.7. The van der Waals surface area contributed by atoms with Gasteiger partial charge in [-0.25, -0.2) is 4.79 Å². The number of alkyl halides is 3. The first-order valence-corrected chi connectivity index (χ1v) is 9.41. The third-order valence-electron chi connectivity index (χ3n) is 4.86. The first kappa shape index (κ1) is 22.1. The van der Waals surface area contributed by atoms with Crippen LogP contribution in [0.25, 0.3) is 0 Å². The van der Waals surface area contributed by atoms with Crippen molar-refractivity contribution in [1.82, 2.24) is 10.2 Å². The molecule has 31 heavy (non-hydrogen) atoms. The van der Waals surface area contributed by atoms with Gasteiger partial charge in [-0.05, 0) is 48.7 Å². The van der Waals surface area contributed by atoms with Crippen molar-refractivity contribution in [3.63, 3.8) is 0 Å². The van der Waals surface area contributed by atoms with E-state index in [4.69, 9.17) is 0 Å². The molecule has 4 amide bonds. The van der Waals surface area contributed by atoms with Crippen molar-refractivity contribution in [1.29, 1.82) is 0 Å². The van der Waals surface area contributed by atoms with Crippen LogP contribution in [0.5, 0.6) is 5.75 Å². The van der Waals surface area contributed by atoms with Crippen molar-refractivity contribution in [2.75, 3.05) is 11.9 Å². The summed E-state index contributed by atoms with van der Waals surface area (Å²) >= 11 is 0. The second kappa shape index (κ2) is 8.29. The number of carbonyl (C=O) groups excluding carboxylic acids is 3. The monoisotopic (exact) mass is 435 g/mol. The third kappa shape index (κ3) is 4.96. The lowest BCUT2D eigenvalue weighted by Gasteiger charge is -2.22. The summed E-state index contributed by atoms with van der Waals surface area (Å²) in [6.45, 7) is 2.87. The lowest BCUT2D eigenvalue weighted by atomic mass is 9.92. The van der Waals surface area contributed by atoms with E-state index in [2.05, 4.69) is 15.4 Å². The Morgan fingerprint density at radius 3 is 2.45 bits per heavy atom. The Kier molecular flexibility index (Phi) is 5.92. The molecule has 1 heterocycles. The Bertz CT molecular complexity index is 1010. The molecule has 0 saturated carbocycles. The molecule has 2 aromatic rings. The molecule has 1 fully saturated rings. The van der Waals surface area contributed by atoms with Crippen molar-refractivity contribution < 1.29 is 32.3 Å². The highest BCUT2D eigenvalue weighted by molar-refractivity contribution is 6.10. The van der Waals surface area contributed by atoms with E-state index in [-0.39, 0.29) is 5.56 Å². The molecule has 1 unspecified atom stereocenters. The molecular formula is C21H20F3N3O4. The van der Waals surface area contributed by atoms with Crippen LogP contribution in [0.4, 0.5) is 23.7 Å². The van der Waals surface area contributed by atoms with Gasteiger partial charge in [0, 0.05) is 5.69 Å². The number of hydrogen-bond acceptors (Lipinski definition) is 4. The molecule has 0 spiro atoms. The fourth-order valence-corrected chi connectivity index (χ4v) is 3.24. The summed E-state index contributed by atoms with van der Waals surface area (Å²) in [5.41, 5.74) is 0.271. The number of amides is 4. The average molecular weight is 435 g/mol. The first-order chi connectivity index (χ1) is 14.5. The van der Waals surface area contributed by atoms with E-state index in [0.29, 0.717) is 5.69 Å². The van der Waals surface area contributed by atoms with Crippen LogP contribution in [0.15, 0.2) is 48.5 Å². The van der Waals surface area contributed by atoms with Gasteiger partial charge in [-0.15, -0.1) is 13.2 Å². The van der Waals surface area contributed by atoms with Crippen LogP contribution in [0.1, 0.15) is 25.0 Å². The maximum atomic E-state index is 12.9. The number of nitrogens with zero attached hydrogens (tertiary/aromatic N) is 1. The molecule has 2 aromatic carbocycles. The number of aryl methyl sites for hydroxylation is 1. The SMILES string of the molecule is CCc1cccc(NC(=O)CN2C(=O)NC(C)(c3ccc(OC(F)(F)F)cc3)C2=O)c1. The lowest BCUT2D eigenvalue weighted by Crippen LogP contribution is -2.42. The van der Waals surface area contributed by atoms with Crippen LogP contribution < -0.4 is 15.4 Å². The van der Waals surface area contributed by atoms with Crippen LogP contribution >= 0.6 is 0 Å². The molecule has 1 aliphatic rings. The van der Waals surface area contributed by atoms with E-state index >= 15 is 0 Å². The molecule has 1 saturated heterocycles. The van der Waals surface area contributed by atoms with Gasteiger partial charge in [0.05, 0.1) is 0 Å². The van der Waals surface area contributed by atoms with Gasteiger partial charge < -0.3 is 15.4 Å². The Hall–Kier alpha value is -3.56. The van der Waals surface area contributed by atoms with Crippen LogP contribution in [0, 0.1) is 0 Å². The fraction of sp³-hybridized carbons (Fsp3) is 0.286. The maximum Gasteiger partial charge on any atom is 0.573 e. The van der Waals surface area contributed by atoms with Gasteiger partial charge in [-0.3, -0.25) is 14.5 Å². The predicted molar refractivity (Wildman–Crippen MR) is 105 cm³/mol. The summed E-state index contributed by atoms with van der Waals surface area (Å²) in [6, 6.07) is 11.0. The molecule has 0 radical (unpaired) electrons. The summed E-state index contributed by atoms with van der Waals surface area (Å²) in [5, 5.41) is 5.14. The summed E-state index contributed by atoms with van der Waals surface area (Å²) in [4.78, 5) is 38.4. The minimum absolute atomic E-state index is 0.249. The van der Waals surface area contributed by atoms with E-state index in [1.54, 1.807) is 18.2 Å². The molecule has 10 heteroatoms. The van der Waals surface area contributed by atoms with E-state index in [9.17, 15) is 27.6 Å². The normalized spacial score (nSPS) is 18.7. The Labute approximate surface area is 176 Å². The van der Waals surface area contributed by atoms with E-state index in [0.717, 1.165) is 29.0 Å². The van der Waals surface area contributed by atoms with Crippen molar-refractivity contribution in [2.45, 2.75) is 32.2 Å². The van der Waals surface area contributed by atoms with E-state index < -0.39 is 42.0 Å². The van der Waals surface area contributed by atoms with E-state index in [1.807, 2.05) is 13.0 Å². The highest BCUT2D eigenvalue weighted by atomic mass is 19.4. The molecule has 1 atom stereocenters. The van der Waals surface area contributed by atoms with Gasteiger partial charge in [0.1, 0.15) is 17.8 Å². The first-order valence-electron chi connectivity index (χ1n) is 9.41. The summed E-state index contributed by atoms with van der Waals surface area (Å²) in [5.74, 6) is -1.71. The second-order valence-corrected chi connectivity index (χ2v) is 7.12. The molecule has 164 valence electrons. The number of hydrogen-bond donors (Lipinski definition) is 2. The molecule has 0 bridgehead atoms. The van der Waals surface area contributed by atoms with Crippen LogP contribution in [0.3, 0.4) is 0 Å². The number of ether oxygens (including phenoxy) is 1. The van der Waals surface area contributed by atoms with Gasteiger partial charge >= 0.3 is 12.4 Å². The smallest absolute Gasteiger partial charge is 0.406 e. The molecule has 0 aromatic heterocycles. The van der Waals surface area contributed by atoms with Crippen molar-refractivity contribution in [2.24, 2.45) is 0 Å². The van der Waals surface area contributed by atoms with Crippen LogP contribution in [-0.2, 0) is 21.5 Å². The van der Waals surface area contributed by atoms with Gasteiger partial charge in [0.2, 0.25) is 5.91 Å². The number of benzene rings is 2. The average Bonchev–Trinajstić information content (AvgIpc) is 2.91. The summed E-state index contributed by atoms with van der Waals surface area (Å²) in [7, 11) is 0. The molecule has 3 rings (SSSR count). The zero-order valence-corrected chi connectivity index (χ0v) is 16.7. The number of halogens is 3. The molecule has 2 N–H and O–H groups in total. The Balaban J connectivity index is 1.71. The third-order valence-corrected chi connectivity index (χ3v) is 4.86. The highest BCUT2D eigenvalue weighted by Crippen LogP contribution is 2.31. The highest BCUT2D eigenvalue weighted by Gasteiger charge is 2.49. The van der Waals surface area contributed by atoms with Crippen LogP contribution in [0.2, 0.25) is 0 Å². The predicted octanol–water partition coefficient (Wildman–Crippen LogP) is 3.55. The molecule has 1 aliphatic heterocycles. The second-order valence-electron chi connectivity index (χ2n) is 7.12. The van der Waals surface area contributed by atoms with Crippen LogP contribution in [-0.4, -0.2) is 35.7 Å². The molecule has 7 nitrogen and oxygen atoms in total. The quantitative estimate of drug-likeness (QED) is 0.680. The van der Waals surface area contributed by atoms with Gasteiger partial charge in [-0.1, -0.05) is 31.2 Å². The topological polar surface area (TPSA) is 87.7 Å². The van der Waals surface area contributed by atoms with Crippen molar-refractivity contribution in [3.05, 3.63) is 59.7 Å². The number of nitrogens with one attached hydrogen (secondary N) is 2. The summed E-state index contributed by atoms with van der Waals surface area (Å²) in [6.07, 6.45) is -4.06. The number of urea groups is 1. The minimum Gasteiger partial charge on any atom is -0.406 e. The Morgan fingerprint density at radius 2 is 1.84 bits per heavy atom. The number of imide groups is 1. The van der Waals surface area contributed by atoms with Gasteiger partial charge in [-0.2, -0.15) is 0 Å². The van der Waals surface area contributed by atoms with Gasteiger partial charge in [0.25, 0.3) is 5.91 Å².